The molecular weight excluding hydrogens is 212 g/mol. The van der Waals surface area contributed by atoms with Gasteiger partial charge in [0, 0.05) is 12.5 Å². The van der Waals surface area contributed by atoms with Crippen LogP contribution >= 0.6 is 0 Å². The second-order valence-electron chi connectivity index (χ2n) is 5.36. The molecule has 0 radical (unpaired) electrons. The third-order valence-electron chi connectivity index (χ3n) is 3.96. The summed E-state index contributed by atoms with van der Waals surface area (Å²) in [5.41, 5.74) is 2.20. The predicted molar refractivity (Wildman–Crippen MR) is 63.3 cm³/mol. The third kappa shape index (κ3) is 2.19. The van der Waals surface area contributed by atoms with Gasteiger partial charge in [0.1, 0.15) is 5.69 Å². The smallest absolute Gasteiger partial charge is 0.100 e. The van der Waals surface area contributed by atoms with Crippen LogP contribution in [0.5, 0.6) is 0 Å². The molecule has 0 saturated heterocycles. The third-order valence-corrected chi connectivity index (χ3v) is 3.96. The van der Waals surface area contributed by atoms with E-state index in [0.29, 0.717) is 12.3 Å². The molecule has 4 heteroatoms. The van der Waals surface area contributed by atoms with Crippen LogP contribution in [0.25, 0.3) is 0 Å². The summed E-state index contributed by atoms with van der Waals surface area (Å²) < 4.78 is 2.10. The van der Waals surface area contributed by atoms with Crippen molar-refractivity contribution in [2.75, 3.05) is 0 Å². The molecule has 90 valence electrons. The molecule has 0 spiro atoms. The van der Waals surface area contributed by atoms with Gasteiger partial charge in [-0.2, -0.15) is 5.26 Å². The summed E-state index contributed by atoms with van der Waals surface area (Å²) in [6.45, 7) is 1.02. The van der Waals surface area contributed by atoms with Crippen LogP contribution in [0.15, 0.2) is 0 Å². The van der Waals surface area contributed by atoms with Gasteiger partial charge >= 0.3 is 0 Å². The van der Waals surface area contributed by atoms with Crippen LogP contribution in [0.3, 0.4) is 0 Å². The van der Waals surface area contributed by atoms with E-state index in [4.69, 9.17) is 5.26 Å². The Hall–Kier alpha value is -1.37. The normalized spacial score (nSPS) is 20.6. The van der Waals surface area contributed by atoms with Gasteiger partial charge in [0.2, 0.25) is 0 Å². The van der Waals surface area contributed by atoms with Crippen LogP contribution < -0.4 is 0 Å². The molecule has 1 aromatic heterocycles. The molecule has 1 aromatic rings. The summed E-state index contributed by atoms with van der Waals surface area (Å²) in [7, 11) is 0. The zero-order valence-electron chi connectivity index (χ0n) is 10.1. The minimum absolute atomic E-state index is 0.413. The molecule has 1 heterocycles. The SMILES string of the molecule is N#CCc1nnn(CC2CC2)c1C1CCCC1. The largest absolute Gasteiger partial charge is 0.249 e. The lowest BCUT2D eigenvalue weighted by molar-refractivity contribution is 0.500. The first-order valence-corrected chi connectivity index (χ1v) is 6.67. The summed E-state index contributed by atoms with van der Waals surface area (Å²) in [6, 6.07) is 2.21. The van der Waals surface area contributed by atoms with Gasteiger partial charge in [0.15, 0.2) is 0 Å². The van der Waals surface area contributed by atoms with Crippen LogP contribution in [-0.4, -0.2) is 15.0 Å². The molecule has 0 aromatic carbocycles. The molecule has 2 fully saturated rings. The molecule has 2 aliphatic rings. The van der Waals surface area contributed by atoms with Crippen molar-refractivity contribution < 1.29 is 0 Å². The predicted octanol–water partition coefficient (Wildman–Crippen LogP) is 2.41. The maximum absolute atomic E-state index is 8.86. The first-order chi connectivity index (χ1) is 8.38. The van der Waals surface area contributed by atoms with Gasteiger partial charge in [0.05, 0.1) is 18.2 Å². The van der Waals surface area contributed by atoms with Crippen molar-refractivity contribution in [3.63, 3.8) is 0 Å². The number of rotatable bonds is 4. The highest BCUT2D eigenvalue weighted by atomic mass is 15.4. The lowest BCUT2D eigenvalue weighted by Crippen LogP contribution is -2.10. The van der Waals surface area contributed by atoms with Crippen molar-refractivity contribution in [1.82, 2.24) is 15.0 Å². The van der Waals surface area contributed by atoms with Crippen LogP contribution in [0.2, 0.25) is 0 Å². The van der Waals surface area contributed by atoms with Crippen molar-refractivity contribution in [2.24, 2.45) is 5.92 Å². The van der Waals surface area contributed by atoms with Gasteiger partial charge < -0.3 is 0 Å². The van der Waals surface area contributed by atoms with Gasteiger partial charge in [-0.05, 0) is 31.6 Å². The summed E-state index contributed by atoms with van der Waals surface area (Å²) in [5, 5.41) is 17.4. The van der Waals surface area contributed by atoms with Crippen LogP contribution in [0, 0.1) is 17.2 Å². The first-order valence-electron chi connectivity index (χ1n) is 6.67. The molecule has 3 rings (SSSR count). The van der Waals surface area contributed by atoms with E-state index >= 15 is 0 Å². The van der Waals surface area contributed by atoms with E-state index < -0.39 is 0 Å². The van der Waals surface area contributed by atoms with Crippen molar-refractivity contribution in [3.05, 3.63) is 11.4 Å². The lowest BCUT2D eigenvalue weighted by Gasteiger charge is -2.12. The molecule has 0 aliphatic heterocycles. The van der Waals surface area contributed by atoms with E-state index in [-0.39, 0.29) is 0 Å². The highest BCUT2D eigenvalue weighted by molar-refractivity contribution is 5.20. The van der Waals surface area contributed by atoms with E-state index in [0.717, 1.165) is 18.2 Å². The van der Waals surface area contributed by atoms with E-state index in [2.05, 4.69) is 21.1 Å². The average molecular weight is 230 g/mol. The minimum atomic E-state index is 0.413. The second-order valence-corrected chi connectivity index (χ2v) is 5.36. The highest BCUT2D eigenvalue weighted by Gasteiger charge is 2.29. The molecule has 0 atom stereocenters. The standard InChI is InChI=1S/C13H18N4/c14-8-7-12-13(11-3-1-2-4-11)17(16-15-12)9-10-5-6-10/h10-11H,1-7,9H2. The van der Waals surface area contributed by atoms with Gasteiger partial charge in [-0.1, -0.05) is 18.1 Å². The Morgan fingerprint density at radius 3 is 2.65 bits per heavy atom. The number of hydrogen-bond donors (Lipinski definition) is 0. The molecule has 2 aliphatic carbocycles. The van der Waals surface area contributed by atoms with E-state index in [1.807, 2.05) is 0 Å². The fraction of sp³-hybridized carbons (Fsp3) is 0.769. The summed E-state index contributed by atoms with van der Waals surface area (Å²) in [4.78, 5) is 0. The van der Waals surface area contributed by atoms with Crippen molar-refractivity contribution in [3.8, 4) is 6.07 Å². The monoisotopic (exact) mass is 230 g/mol. The zero-order chi connectivity index (χ0) is 11.7. The number of hydrogen-bond acceptors (Lipinski definition) is 3. The Morgan fingerprint density at radius 1 is 1.24 bits per heavy atom. The van der Waals surface area contributed by atoms with Crippen LogP contribution in [0.4, 0.5) is 0 Å². The topological polar surface area (TPSA) is 54.5 Å². The molecule has 0 amide bonds. The molecule has 0 unspecified atom stereocenters. The average Bonchev–Trinajstić information content (AvgIpc) is 2.83. The molecular formula is C13H18N4. The van der Waals surface area contributed by atoms with Gasteiger partial charge in [0.25, 0.3) is 0 Å². The van der Waals surface area contributed by atoms with E-state index in [1.165, 1.54) is 44.2 Å². The molecule has 17 heavy (non-hydrogen) atoms. The number of aromatic nitrogens is 3. The Bertz CT molecular complexity index is 433. The second kappa shape index (κ2) is 4.48. The molecule has 4 nitrogen and oxygen atoms in total. The van der Waals surface area contributed by atoms with Gasteiger partial charge in [-0.3, -0.25) is 0 Å². The quantitative estimate of drug-likeness (QED) is 0.798. The van der Waals surface area contributed by atoms with Crippen molar-refractivity contribution in [1.29, 1.82) is 5.26 Å². The van der Waals surface area contributed by atoms with E-state index in [1.54, 1.807) is 0 Å². The zero-order valence-corrected chi connectivity index (χ0v) is 10.1. The van der Waals surface area contributed by atoms with Crippen LogP contribution in [0.1, 0.15) is 55.8 Å². The summed E-state index contributed by atoms with van der Waals surface area (Å²) in [6.07, 6.45) is 8.19. The minimum Gasteiger partial charge on any atom is -0.249 e. The maximum Gasteiger partial charge on any atom is 0.100 e. The van der Waals surface area contributed by atoms with E-state index in [9.17, 15) is 0 Å². The summed E-state index contributed by atoms with van der Waals surface area (Å²) in [5.74, 6) is 1.42. The van der Waals surface area contributed by atoms with Crippen molar-refractivity contribution >= 4 is 0 Å². The lowest BCUT2D eigenvalue weighted by atomic mass is 10.0. The Kier molecular flexibility index (Phi) is 2.84. The maximum atomic E-state index is 8.86. The Balaban J connectivity index is 1.88. The first kappa shape index (κ1) is 10.8. The number of nitrogens with zero attached hydrogens (tertiary/aromatic N) is 4. The fourth-order valence-electron chi connectivity index (χ4n) is 2.88. The molecule has 0 N–H and O–H groups in total. The van der Waals surface area contributed by atoms with Crippen molar-refractivity contribution in [2.45, 2.75) is 57.4 Å². The van der Waals surface area contributed by atoms with Gasteiger partial charge in [-0.25, -0.2) is 4.68 Å². The Morgan fingerprint density at radius 2 is 2.00 bits per heavy atom. The molecule has 0 bridgehead atoms. The van der Waals surface area contributed by atoms with Gasteiger partial charge in [-0.15, -0.1) is 5.10 Å². The fourth-order valence-corrected chi connectivity index (χ4v) is 2.88. The Labute approximate surface area is 102 Å². The number of nitriles is 1. The summed E-state index contributed by atoms with van der Waals surface area (Å²) >= 11 is 0. The molecule has 2 saturated carbocycles. The van der Waals surface area contributed by atoms with Crippen LogP contribution in [-0.2, 0) is 13.0 Å². The highest BCUT2D eigenvalue weighted by Crippen LogP contribution is 2.37.